The quantitative estimate of drug-likeness (QED) is 0.454. The van der Waals surface area contributed by atoms with Crippen LogP contribution in [-0.4, -0.2) is 48.9 Å². The van der Waals surface area contributed by atoms with Gasteiger partial charge in [-0.3, -0.25) is 9.59 Å². The topological polar surface area (TPSA) is 65.1 Å². The predicted octanol–water partition coefficient (Wildman–Crippen LogP) is 2.25. The Labute approximate surface area is 157 Å². The Bertz CT molecular complexity index is 720. The Balaban J connectivity index is 1.99. The van der Waals surface area contributed by atoms with Gasteiger partial charge in [0.1, 0.15) is 6.61 Å². The largest absolute Gasteiger partial charge is 0.469 e. The van der Waals surface area contributed by atoms with Gasteiger partial charge < -0.3 is 19.1 Å². The molecule has 1 fully saturated rings. The van der Waals surface area contributed by atoms with Gasteiger partial charge in [0, 0.05) is 0 Å². The number of thiocarbonyl (C=S) groups is 1. The second-order valence-corrected chi connectivity index (χ2v) is 6.59. The molecule has 1 aromatic carbocycles. The molecule has 0 radical (unpaired) electrons. The Morgan fingerprint density at radius 1 is 1.15 bits per heavy atom. The summed E-state index contributed by atoms with van der Waals surface area (Å²) in [6, 6.07) is 9.23. The Kier molecular flexibility index (Phi) is 5.56. The molecule has 0 saturated carbocycles. The fourth-order valence-corrected chi connectivity index (χ4v) is 3.98. The molecular formula is C19H21NO5S. The maximum Gasteiger partial charge on any atom is 0.311 e. The van der Waals surface area contributed by atoms with Crippen molar-refractivity contribution >= 4 is 29.3 Å². The number of methoxy groups -OCH3 is 2. The van der Waals surface area contributed by atoms with Crippen LogP contribution in [0.3, 0.4) is 0 Å². The van der Waals surface area contributed by atoms with Crippen molar-refractivity contribution in [2.24, 2.45) is 11.8 Å². The Morgan fingerprint density at radius 3 is 2.50 bits per heavy atom. The summed E-state index contributed by atoms with van der Waals surface area (Å²) >= 11 is 5.41. The summed E-state index contributed by atoms with van der Waals surface area (Å²) in [7, 11) is 2.64. The monoisotopic (exact) mass is 375 g/mol. The number of carbonyl (C=O) groups is 2. The number of rotatable bonds is 4. The number of ether oxygens (including phenoxy) is 3. The van der Waals surface area contributed by atoms with E-state index in [0.29, 0.717) is 18.2 Å². The molecule has 2 aliphatic rings. The van der Waals surface area contributed by atoms with Crippen LogP contribution in [0.5, 0.6) is 0 Å². The average molecular weight is 375 g/mol. The van der Waals surface area contributed by atoms with Crippen LogP contribution in [0.1, 0.15) is 18.0 Å². The van der Waals surface area contributed by atoms with E-state index in [1.807, 2.05) is 47.4 Å². The number of hydrogen-bond acceptors (Lipinski definition) is 6. The van der Waals surface area contributed by atoms with Crippen molar-refractivity contribution in [1.82, 2.24) is 4.90 Å². The van der Waals surface area contributed by atoms with Gasteiger partial charge in [0.05, 0.1) is 38.1 Å². The predicted molar refractivity (Wildman–Crippen MR) is 98.1 cm³/mol. The van der Waals surface area contributed by atoms with E-state index in [2.05, 4.69) is 0 Å². The van der Waals surface area contributed by atoms with Crippen molar-refractivity contribution in [3.8, 4) is 0 Å². The van der Waals surface area contributed by atoms with Gasteiger partial charge in [-0.1, -0.05) is 42.5 Å². The second-order valence-electron chi connectivity index (χ2n) is 6.24. The van der Waals surface area contributed by atoms with Crippen LogP contribution in [0, 0.1) is 11.8 Å². The van der Waals surface area contributed by atoms with Gasteiger partial charge in [0.25, 0.3) is 5.17 Å². The number of allylic oxidation sites excluding steroid dienone is 1. The van der Waals surface area contributed by atoms with Crippen LogP contribution >= 0.6 is 12.2 Å². The van der Waals surface area contributed by atoms with Crippen molar-refractivity contribution < 1.29 is 23.8 Å². The van der Waals surface area contributed by atoms with E-state index in [4.69, 9.17) is 26.4 Å². The summed E-state index contributed by atoms with van der Waals surface area (Å²) in [6.45, 7) is 0.393. The van der Waals surface area contributed by atoms with Gasteiger partial charge in [-0.05, 0) is 24.2 Å². The number of carbonyl (C=O) groups excluding carboxylic acids is 2. The third-order valence-corrected chi connectivity index (χ3v) is 5.25. The molecule has 0 unspecified atom stereocenters. The Morgan fingerprint density at radius 2 is 1.85 bits per heavy atom. The first-order valence-electron chi connectivity index (χ1n) is 8.40. The maximum absolute atomic E-state index is 12.5. The van der Waals surface area contributed by atoms with E-state index >= 15 is 0 Å². The lowest BCUT2D eigenvalue weighted by Crippen LogP contribution is -2.50. The Hall–Kier alpha value is -2.41. The van der Waals surface area contributed by atoms with E-state index in [1.165, 1.54) is 14.2 Å². The maximum atomic E-state index is 12.5. The third-order valence-electron chi connectivity index (χ3n) is 4.92. The summed E-state index contributed by atoms with van der Waals surface area (Å²) in [4.78, 5) is 26.7. The lowest BCUT2D eigenvalue weighted by molar-refractivity contribution is -0.159. The summed E-state index contributed by atoms with van der Waals surface area (Å²) in [5, 5.41) is 0.313. The lowest BCUT2D eigenvalue weighted by Gasteiger charge is -2.39. The number of nitrogens with zero attached hydrogens (tertiary/aromatic N) is 1. The zero-order valence-corrected chi connectivity index (χ0v) is 15.5. The first kappa shape index (κ1) is 18.4. The average Bonchev–Trinajstić information content (AvgIpc) is 3.08. The minimum absolute atomic E-state index is 0.137. The molecular weight excluding hydrogens is 354 g/mol. The highest BCUT2D eigenvalue weighted by Gasteiger charge is 2.48. The van der Waals surface area contributed by atoms with Gasteiger partial charge in [-0.15, -0.1) is 0 Å². The molecule has 1 aromatic rings. The summed E-state index contributed by atoms with van der Waals surface area (Å²) < 4.78 is 15.5. The normalized spacial score (nSPS) is 27.8. The molecule has 6 nitrogen and oxygen atoms in total. The molecule has 0 amide bonds. The van der Waals surface area contributed by atoms with Crippen molar-refractivity contribution in [3.05, 3.63) is 48.0 Å². The molecule has 7 heteroatoms. The van der Waals surface area contributed by atoms with Gasteiger partial charge in [-0.25, -0.2) is 0 Å². The van der Waals surface area contributed by atoms with E-state index in [-0.39, 0.29) is 6.04 Å². The molecule has 0 aromatic heterocycles. The minimum Gasteiger partial charge on any atom is -0.469 e. The molecule has 1 aliphatic carbocycles. The molecule has 0 N–H and O–H groups in total. The van der Waals surface area contributed by atoms with Crippen molar-refractivity contribution in [3.63, 3.8) is 0 Å². The zero-order valence-electron chi connectivity index (χ0n) is 14.7. The van der Waals surface area contributed by atoms with Crippen LogP contribution in [0.15, 0.2) is 42.5 Å². The first-order valence-corrected chi connectivity index (χ1v) is 8.81. The summed E-state index contributed by atoms with van der Waals surface area (Å²) in [6.07, 6.45) is 4.20. The van der Waals surface area contributed by atoms with E-state index in [1.54, 1.807) is 0 Å². The summed E-state index contributed by atoms with van der Waals surface area (Å²) in [5.41, 5.74) is 1.03. The van der Waals surface area contributed by atoms with Crippen molar-refractivity contribution in [2.45, 2.75) is 18.5 Å². The van der Waals surface area contributed by atoms with Crippen LogP contribution in [0.4, 0.5) is 0 Å². The fourth-order valence-electron chi connectivity index (χ4n) is 3.66. The van der Waals surface area contributed by atoms with Crippen molar-refractivity contribution in [1.29, 1.82) is 0 Å². The fraction of sp³-hybridized carbons (Fsp3) is 0.421. The molecule has 138 valence electrons. The second kappa shape index (κ2) is 7.86. The first-order chi connectivity index (χ1) is 12.6. The van der Waals surface area contributed by atoms with Gasteiger partial charge >= 0.3 is 11.9 Å². The zero-order chi connectivity index (χ0) is 18.7. The lowest BCUT2D eigenvalue weighted by atomic mass is 9.78. The standard InChI is InChI=1S/C19H21NO5S/c1-23-17(21)13-9-6-10-14(16(13)18(22)24-2)20-15(11-25-19(20)26)12-7-4-3-5-8-12/h3-8,10,13-16H,9,11H2,1-2H3/t13-,14+,15-,16+/m0/s1. The van der Waals surface area contributed by atoms with E-state index in [9.17, 15) is 9.59 Å². The van der Waals surface area contributed by atoms with Gasteiger partial charge in [0.15, 0.2) is 0 Å². The molecule has 0 bridgehead atoms. The molecule has 1 aliphatic heterocycles. The number of hydrogen-bond donors (Lipinski definition) is 0. The van der Waals surface area contributed by atoms with Crippen LogP contribution < -0.4 is 0 Å². The van der Waals surface area contributed by atoms with E-state index in [0.717, 1.165) is 5.56 Å². The van der Waals surface area contributed by atoms with Gasteiger partial charge in [-0.2, -0.15) is 0 Å². The van der Waals surface area contributed by atoms with Gasteiger partial charge in [0.2, 0.25) is 0 Å². The molecule has 1 heterocycles. The van der Waals surface area contributed by atoms with Crippen molar-refractivity contribution in [2.75, 3.05) is 20.8 Å². The van der Waals surface area contributed by atoms with Crippen LogP contribution in [0.2, 0.25) is 0 Å². The van der Waals surface area contributed by atoms with Crippen LogP contribution in [-0.2, 0) is 23.8 Å². The smallest absolute Gasteiger partial charge is 0.311 e. The highest BCUT2D eigenvalue weighted by molar-refractivity contribution is 7.80. The summed E-state index contributed by atoms with van der Waals surface area (Å²) in [5.74, 6) is -2.24. The number of benzene rings is 1. The molecule has 1 saturated heterocycles. The molecule has 4 atom stereocenters. The SMILES string of the molecule is COC(=O)[C@@H]1[C@@H](C(=O)OC)CC=C[C@H]1N1C(=S)OC[C@H]1c1ccccc1. The minimum atomic E-state index is -0.719. The van der Waals surface area contributed by atoms with E-state index < -0.39 is 29.8 Å². The number of esters is 2. The third kappa shape index (κ3) is 3.31. The molecule has 0 spiro atoms. The highest BCUT2D eigenvalue weighted by atomic mass is 32.1. The van der Waals surface area contributed by atoms with Crippen LogP contribution in [0.25, 0.3) is 0 Å². The highest BCUT2D eigenvalue weighted by Crippen LogP contribution is 2.38. The molecule has 3 rings (SSSR count). The molecule has 26 heavy (non-hydrogen) atoms.